The van der Waals surface area contributed by atoms with E-state index in [1.807, 2.05) is 30.3 Å². The SMILES string of the molecule is CCNC(Cc1cnn(C)c1)c1ncc[nH]1. The molecule has 0 bridgehead atoms. The summed E-state index contributed by atoms with van der Waals surface area (Å²) in [4.78, 5) is 7.44. The molecule has 16 heavy (non-hydrogen) atoms. The van der Waals surface area contributed by atoms with Gasteiger partial charge in [-0.25, -0.2) is 4.98 Å². The van der Waals surface area contributed by atoms with Crippen molar-refractivity contribution in [2.45, 2.75) is 19.4 Å². The van der Waals surface area contributed by atoms with Crippen LogP contribution < -0.4 is 5.32 Å². The van der Waals surface area contributed by atoms with Gasteiger partial charge in [-0.05, 0) is 18.5 Å². The zero-order valence-corrected chi connectivity index (χ0v) is 9.64. The molecule has 5 heteroatoms. The molecule has 0 aliphatic rings. The highest BCUT2D eigenvalue weighted by Gasteiger charge is 2.13. The molecule has 0 saturated heterocycles. The van der Waals surface area contributed by atoms with Crippen LogP contribution >= 0.6 is 0 Å². The van der Waals surface area contributed by atoms with Gasteiger partial charge >= 0.3 is 0 Å². The third-order valence-electron chi connectivity index (χ3n) is 2.50. The topological polar surface area (TPSA) is 58.5 Å². The predicted octanol–water partition coefficient (Wildman–Crippen LogP) is 1.04. The first-order valence-electron chi connectivity index (χ1n) is 5.49. The van der Waals surface area contributed by atoms with Gasteiger partial charge in [0.15, 0.2) is 0 Å². The summed E-state index contributed by atoms with van der Waals surface area (Å²) in [6, 6.07) is 0.226. The molecule has 5 nitrogen and oxygen atoms in total. The average molecular weight is 219 g/mol. The summed E-state index contributed by atoms with van der Waals surface area (Å²) in [5, 5.41) is 7.58. The van der Waals surface area contributed by atoms with Crippen molar-refractivity contribution in [1.82, 2.24) is 25.1 Å². The molecule has 2 aromatic heterocycles. The van der Waals surface area contributed by atoms with Gasteiger partial charge in [-0.15, -0.1) is 0 Å². The van der Waals surface area contributed by atoms with Crippen LogP contribution in [0.5, 0.6) is 0 Å². The summed E-state index contributed by atoms with van der Waals surface area (Å²) >= 11 is 0. The third kappa shape index (κ3) is 2.49. The fraction of sp³-hybridized carbons (Fsp3) is 0.455. The highest BCUT2D eigenvalue weighted by atomic mass is 15.2. The summed E-state index contributed by atoms with van der Waals surface area (Å²) in [5.74, 6) is 0.978. The molecule has 0 radical (unpaired) electrons. The van der Waals surface area contributed by atoms with Crippen LogP contribution in [0.2, 0.25) is 0 Å². The molecule has 0 saturated carbocycles. The van der Waals surface area contributed by atoms with Crippen LogP contribution in [0.15, 0.2) is 24.8 Å². The van der Waals surface area contributed by atoms with Gasteiger partial charge in [-0.3, -0.25) is 4.68 Å². The summed E-state index contributed by atoms with van der Waals surface area (Å²) in [7, 11) is 1.93. The summed E-state index contributed by atoms with van der Waals surface area (Å²) in [6.45, 7) is 3.02. The van der Waals surface area contributed by atoms with Gasteiger partial charge in [0.1, 0.15) is 5.82 Å². The molecule has 1 atom stereocenters. The van der Waals surface area contributed by atoms with Gasteiger partial charge in [0, 0.05) is 25.6 Å². The number of nitrogens with zero attached hydrogens (tertiary/aromatic N) is 3. The molecule has 0 aromatic carbocycles. The lowest BCUT2D eigenvalue weighted by atomic mass is 10.1. The second-order valence-corrected chi connectivity index (χ2v) is 3.81. The summed E-state index contributed by atoms with van der Waals surface area (Å²) < 4.78 is 1.82. The number of hydrogen-bond acceptors (Lipinski definition) is 3. The average Bonchev–Trinajstić information content (AvgIpc) is 2.88. The standard InChI is InChI=1S/C11H17N5/c1-3-12-10(11-13-4-5-14-11)6-9-7-15-16(2)8-9/h4-5,7-8,10,12H,3,6H2,1-2H3,(H,13,14). The van der Waals surface area contributed by atoms with E-state index in [4.69, 9.17) is 0 Å². The van der Waals surface area contributed by atoms with E-state index in [9.17, 15) is 0 Å². The molecule has 2 N–H and O–H groups in total. The van der Waals surface area contributed by atoms with Crippen LogP contribution in [0.4, 0.5) is 0 Å². The molecule has 1 unspecified atom stereocenters. The van der Waals surface area contributed by atoms with Gasteiger partial charge in [-0.1, -0.05) is 6.92 Å². The fourth-order valence-electron chi connectivity index (χ4n) is 1.79. The Morgan fingerprint density at radius 2 is 2.44 bits per heavy atom. The monoisotopic (exact) mass is 219 g/mol. The van der Waals surface area contributed by atoms with Gasteiger partial charge < -0.3 is 10.3 Å². The molecular formula is C11H17N5. The number of aryl methyl sites for hydroxylation is 1. The van der Waals surface area contributed by atoms with Crippen molar-refractivity contribution in [3.63, 3.8) is 0 Å². The van der Waals surface area contributed by atoms with Crippen LogP contribution in [0, 0.1) is 0 Å². The maximum Gasteiger partial charge on any atom is 0.123 e. The Morgan fingerprint density at radius 3 is 3.00 bits per heavy atom. The van der Waals surface area contributed by atoms with Crippen molar-refractivity contribution < 1.29 is 0 Å². The number of rotatable bonds is 5. The minimum Gasteiger partial charge on any atom is -0.347 e. The van der Waals surface area contributed by atoms with Crippen LogP contribution in [-0.2, 0) is 13.5 Å². The fourth-order valence-corrected chi connectivity index (χ4v) is 1.79. The smallest absolute Gasteiger partial charge is 0.123 e. The van der Waals surface area contributed by atoms with E-state index in [2.05, 4.69) is 27.3 Å². The lowest BCUT2D eigenvalue weighted by Crippen LogP contribution is -2.23. The second kappa shape index (κ2) is 4.94. The lowest BCUT2D eigenvalue weighted by molar-refractivity contribution is 0.526. The first-order chi connectivity index (χ1) is 7.79. The Kier molecular flexibility index (Phi) is 3.36. The molecule has 2 heterocycles. The summed E-state index contributed by atoms with van der Waals surface area (Å²) in [6.07, 6.45) is 8.46. The Hall–Kier alpha value is -1.62. The lowest BCUT2D eigenvalue weighted by Gasteiger charge is -2.14. The number of H-pyrrole nitrogens is 1. The molecule has 86 valence electrons. The largest absolute Gasteiger partial charge is 0.347 e. The van der Waals surface area contributed by atoms with Crippen molar-refractivity contribution >= 4 is 0 Å². The predicted molar refractivity (Wildman–Crippen MR) is 61.9 cm³/mol. The number of likely N-dealkylation sites (N-methyl/N-ethyl adjacent to an activating group) is 1. The second-order valence-electron chi connectivity index (χ2n) is 3.81. The first-order valence-corrected chi connectivity index (χ1v) is 5.49. The van der Waals surface area contributed by atoms with Gasteiger partial charge in [0.05, 0.1) is 12.2 Å². The molecule has 2 rings (SSSR count). The molecule has 0 aliphatic heterocycles. The van der Waals surface area contributed by atoms with E-state index in [1.54, 1.807) is 6.20 Å². The highest BCUT2D eigenvalue weighted by Crippen LogP contribution is 2.14. The molecule has 0 spiro atoms. The molecule has 0 aliphatic carbocycles. The number of aromatic nitrogens is 4. The zero-order chi connectivity index (χ0) is 11.4. The van der Waals surface area contributed by atoms with E-state index < -0.39 is 0 Å². The normalized spacial score (nSPS) is 12.9. The van der Waals surface area contributed by atoms with Gasteiger partial charge in [0.2, 0.25) is 0 Å². The Bertz CT molecular complexity index is 417. The first kappa shape index (κ1) is 10.9. The number of aromatic amines is 1. The molecule has 2 aromatic rings. The van der Waals surface area contributed by atoms with Crippen LogP contribution in [0.1, 0.15) is 24.4 Å². The Labute approximate surface area is 94.9 Å². The maximum absolute atomic E-state index is 4.29. The quantitative estimate of drug-likeness (QED) is 0.790. The van der Waals surface area contributed by atoms with E-state index in [-0.39, 0.29) is 6.04 Å². The van der Waals surface area contributed by atoms with E-state index in [0.717, 1.165) is 18.8 Å². The van der Waals surface area contributed by atoms with Crippen molar-refractivity contribution in [2.24, 2.45) is 7.05 Å². The molecular weight excluding hydrogens is 202 g/mol. The van der Waals surface area contributed by atoms with Gasteiger partial charge in [-0.2, -0.15) is 5.10 Å². The Balaban J connectivity index is 2.09. The summed E-state index contributed by atoms with van der Waals surface area (Å²) in [5.41, 5.74) is 1.21. The van der Waals surface area contributed by atoms with Crippen molar-refractivity contribution in [3.05, 3.63) is 36.2 Å². The van der Waals surface area contributed by atoms with E-state index in [0.29, 0.717) is 0 Å². The van der Waals surface area contributed by atoms with Crippen LogP contribution in [0.25, 0.3) is 0 Å². The Morgan fingerprint density at radius 1 is 1.56 bits per heavy atom. The number of imidazole rings is 1. The van der Waals surface area contributed by atoms with Crippen LogP contribution in [-0.4, -0.2) is 26.3 Å². The minimum atomic E-state index is 0.226. The van der Waals surface area contributed by atoms with E-state index in [1.165, 1.54) is 5.56 Å². The number of nitrogens with one attached hydrogen (secondary N) is 2. The van der Waals surface area contributed by atoms with Crippen molar-refractivity contribution in [1.29, 1.82) is 0 Å². The van der Waals surface area contributed by atoms with Gasteiger partial charge in [0.25, 0.3) is 0 Å². The molecule has 0 amide bonds. The van der Waals surface area contributed by atoms with Crippen molar-refractivity contribution in [3.8, 4) is 0 Å². The molecule has 0 fully saturated rings. The maximum atomic E-state index is 4.29. The highest BCUT2D eigenvalue weighted by molar-refractivity contribution is 5.09. The van der Waals surface area contributed by atoms with Crippen molar-refractivity contribution in [2.75, 3.05) is 6.54 Å². The van der Waals surface area contributed by atoms with Crippen LogP contribution in [0.3, 0.4) is 0 Å². The zero-order valence-electron chi connectivity index (χ0n) is 9.64. The third-order valence-corrected chi connectivity index (χ3v) is 2.50. The number of hydrogen-bond donors (Lipinski definition) is 2. The minimum absolute atomic E-state index is 0.226. The van der Waals surface area contributed by atoms with E-state index >= 15 is 0 Å².